The molecule has 0 aromatic heterocycles. The monoisotopic (exact) mass is 743 g/mol. The normalized spacial score (nSPS) is 11.7. The molecule has 0 amide bonds. The second-order valence-corrected chi connectivity index (χ2v) is 26.4. The summed E-state index contributed by atoms with van der Waals surface area (Å²) in [6.45, 7) is 31.8. The van der Waals surface area contributed by atoms with E-state index in [1.165, 1.54) is 5.56 Å². The van der Waals surface area contributed by atoms with Crippen LogP contribution < -0.4 is 32.3 Å². The summed E-state index contributed by atoms with van der Waals surface area (Å²) in [7, 11) is -2.27. The van der Waals surface area contributed by atoms with Crippen LogP contribution >= 0.6 is 23.8 Å². The van der Waals surface area contributed by atoms with E-state index >= 15 is 0 Å². The maximum absolute atomic E-state index is 2.50. The second kappa shape index (κ2) is 20.5. The quantitative estimate of drug-likeness (QED) is 0.100. The molecule has 0 aliphatic heterocycles. The first kappa shape index (κ1) is 42.9. The molecule has 0 nitrogen and oxygen atoms in total. The average Bonchev–Trinajstić information content (AvgIpc) is 2.99. The van der Waals surface area contributed by atoms with E-state index < -0.39 is 23.8 Å². The fourth-order valence-electron chi connectivity index (χ4n) is 7.94. The molecule has 0 spiro atoms. The minimum absolute atomic E-state index is 0. The molecule has 0 saturated carbocycles. The van der Waals surface area contributed by atoms with Crippen LogP contribution in [0, 0.1) is 6.92 Å². The molecular weight excluding hydrogens is 679 g/mol. The second-order valence-electron chi connectivity index (χ2n) is 15.1. The maximum atomic E-state index is 2.50. The van der Waals surface area contributed by atoms with Crippen LogP contribution in [0.2, 0.25) is 0 Å². The molecule has 0 atom stereocenters. The molecule has 5 heteroatoms. The van der Waals surface area contributed by atoms with Crippen LogP contribution in [-0.4, -0.2) is 40.7 Å². The van der Waals surface area contributed by atoms with Gasteiger partial charge in [-0.15, -0.1) is 0 Å². The van der Waals surface area contributed by atoms with Gasteiger partial charge in [-0.25, -0.2) is 0 Å². The molecule has 0 aliphatic carbocycles. The molecule has 0 aliphatic rings. The number of benzene rings is 4. The summed E-state index contributed by atoms with van der Waals surface area (Å²) in [5.41, 5.74) is 10.2. The van der Waals surface area contributed by atoms with Crippen molar-refractivity contribution in [2.45, 2.75) is 124 Å². The van der Waals surface area contributed by atoms with Gasteiger partial charge < -0.3 is 0 Å². The van der Waals surface area contributed by atoms with Gasteiger partial charge in [0.1, 0.15) is 0 Å². The standard InChI is InChI=1S/C36H54BP3.C7H8.Ni/c1-25(2)38(26(3)4)34-22-16-13-19-31(34)37(32-20-14-17-23-35(32)39(27(5)6)28(7)8)33-21-15-18-24-36(33)40(29(9)10)30(11)12;1-7-5-3-2-4-6-7;/h13-30H,1-12H3;2-6H,1H3;/p+3. The van der Waals surface area contributed by atoms with Crippen molar-refractivity contribution in [1.82, 2.24) is 0 Å². The topological polar surface area (TPSA) is 0 Å². The minimum Gasteiger partial charge on any atom is -0.0631 e. The summed E-state index contributed by atoms with van der Waals surface area (Å²) in [4.78, 5) is 0. The van der Waals surface area contributed by atoms with E-state index in [1.807, 2.05) is 18.2 Å². The number of hydrogen-bond donors (Lipinski definition) is 0. The predicted octanol–water partition coefficient (Wildman–Crippen LogP) is 9.16. The van der Waals surface area contributed by atoms with Crippen LogP contribution in [0.5, 0.6) is 0 Å². The maximum Gasteiger partial charge on any atom is 0.256 e. The molecule has 4 rings (SSSR count). The van der Waals surface area contributed by atoms with Crippen molar-refractivity contribution < 1.29 is 16.5 Å². The van der Waals surface area contributed by atoms with Gasteiger partial charge in [0.25, 0.3) is 6.71 Å². The van der Waals surface area contributed by atoms with Crippen molar-refractivity contribution in [1.29, 1.82) is 0 Å². The Labute approximate surface area is 310 Å². The largest absolute Gasteiger partial charge is 0.256 e. The zero-order valence-corrected chi connectivity index (χ0v) is 36.2. The summed E-state index contributed by atoms with van der Waals surface area (Å²) in [6, 6.07) is 39.1. The molecule has 0 fully saturated rings. The molecule has 4 aromatic rings. The van der Waals surface area contributed by atoms with Crippen LogP contribution in [0.3, 0.4) is 0 Å². The summed E-state index contributed by atoms with van der Waals surface area (Å²) in [5, 5.41) is 4.95. The van der Waals surface area contributed by atoms with Crippen molar-refractivity contribution >= 4 is 62.8 Å². The molecule has 0 radical (unpaired) electrons. The molecule has 4 aromatic carbocycles. The molecule has 0 N–H and O–H groups in total. The van der Waals surface area contributed by atoms with Gasteiger partial charge in [-0.3, -0.25) is 0 Å². The summed E-state index contributed by atoms with van der Waals surface area (Å²) in [5.74, 6) is 0. The Morgan fingerprint density at radius 3 is 0.792 bits per heavy atom. The van der Waals surface area contributed by atoms with Gasteiger partial charge in [0.05, 0.1) is 49.9 Å². The third-order valence-corrected chi connectivity index (χ3v) is 20.1. The van der Waals surface area contributed by atoms with Crippen molar-refractivity contribution in [3.8, 4) is 0 Å². The minimum atomic E-state index is -0.758. The fourth-order valence-corrected chi connectivity index (χ4v) is 18.2. The van der Waals surface area contributed by atoms with Gasteiger partial charge in [0, 0.05) is 40.3 Å². The van der Waals surface area contributed by atoms with E-state index in [-0.39, 0.29) is 23.2 Å². The Balaban J connectivity index is 0.000000885. The Kier molecular flexibility index (Phi) is 18.4. The Bertz CT molecular complexity index is 1320. The smallest absolute Gasteiger partial charge is 0.0631 e. The van der Waals surface area contributed by atoms with Gasteiger partial charge in [0.15, 0.2) is 0 Å². The first-order valence-electron chi connectivity index (χ1n) is 18.2. The zero-order chi connectivity index (χ0) is 34.8. The van der Waals surface area contributed by atoms with Gasteiger partial charge in [0.2, 0.25) is 0 Å². The molecule has 0 unspecified atom stereocenters. The van der Waals surface area contributed by atoms with Gasteiger partial charge >= 0.3 is 0 Å². The van der Waals surface area contributed by atoms with Crippen LogP contribution in [0.15, 0.2) is 103 Å². The Hall–Kier alpha value is -1.27. The molecule has 0 bridgehead atoms. The van der Waals surface area contributed by atoms with E-state index in [4.69, 9.17) is 0 Å². The third-order valence-electron chi connectivity index (χ3n) is 9.42. The van der Waals surface area contributed by atoms with Crippen molar-refractivity contribution in [2.75, 3.05) is 0 Å². The molecule has 48 heavy (non-hydrogen) atoms. The van der Waals surface area contributed by atoms with Crippen molar-refractivity contribution in [2.24, 2.45) is 0 Å². The number of aryl methyl sites for hydroxylation is 1. The van der Waals surface area contributed by atoms with Crippen LogP contribution in [0.1, 0.15) is 88.6 Å². The van der Waals surface area contributed by atoms with E-state index in [1.54, 1.807) is 32.3 Å². The number of rotatable bonds is 12. The van der Waals surface area contributed by atoms with Crippen molar-refractivity contribution in [3.05, 3.63) is 109 Å². The summed E-state index contributed by atoms with van der Waals surface area (Å²) < 4.78 is 0. The predicted molar refractivity (Wildman–Crippen MR) is 230 cm³/mol. The van der Waals surface area contributed by atoms with Gasteiger partial charge in [-0.2, -0.15) is 0 Å². The van der Waals surface area contributed by atoms with Crippen LogP contribution in [0.25, 0.3) is 0 Å². The number of hydrogen-bond acceptors (Lipinski definition) is 0. The van der Waals surface area contributed by atoms with Crippen molar-refractivity contribution in [3.63, 3.8) is 0 Å². The molecule has 0 saturated heterocycles. The Morgan fingerprint density at radius 1 is 0.354 bits per heavy atom. The molecule has 262 valence electrons. The Morgan fingerprint density at radius 2 is 0.583 bits per heavy atom. The fraction of sp³-hybridized carbons (Fsp3) is 0.442. The zero-order valence-electron chi connectivity index (χ0n) is 32.2. The van der Waals surface area contributed by atoms with E-state index in [0.29, 0.717) is 34.0 Å². The summed E-state index contributed by atoms with van der Waals surface area (Å²) in [6.07, 6.45) is 0. The molecular formula is C43H65BNiP3+3. The SMILES string of the molecule is CC(C)[PH+](c1ccccc1B(c1ccccc1[PH+](C(C)C)C(C)C)c1ccccc1[PH+](C(C)C)C(C)C)C(C)C.Cc1ccccc1.[Ni]. The summed E-state index contributed by atoms with van der Waals surface area (Å²) >= 11 is 0. The third kappa shape index (κ3) is 11.1. The average molecular weight is 744 g/mol. The van der Waals surface area contributed by atoms with E-state index in [0.717, 1.165) is 0 Å². The first-order valence-corrected chi connectivity index (χ1v) is 23.1. The first-order chi connectivity index (χ1) is 22.3. The molecule has 0 heterocycles. The van der Waals surface area contributed by atoms with E-state index in [9.17, 15) is 0 Å². The van der Waals surface area contributed by atoms with Crippen LogP contribution in [-0.2, 0) is 16.5 Å². The van der Waals surface area contributed by atoms with Gasteiger partial charge in [-0.1, -0.05) is 90.5 Å². The van der Waals surface area contributed by atoms with Gasteiger partial charge in [-0.05, 0) is 125 Å². The van der Waals surface area contributed by atoms with Crippen LogP contribution in [0.4, 0.5) is 0 Å². The van der Waals surface area contributed by atoms with E-state index in [2.05, 4.69) is 175 Å².